The number of unbranched alkanes of at least 4 members (excludes halogenated alkanes) is 10. The molecule has 0 spiro atoms. The van der Waals surface area contributed by atoms with Gasteiger partial charge in [0.1, 0.15) is 0 Å². The predicted molar refractivity (Wildman–Crippen MR) is 93.9 cm³/mol. The smallest absolute Gasteiger partial charge is 0.0326 e. The van der Waals surface area contributed by atoms with Gasteiger partial charge in [0.25, 0.3) is 0 Å². The highest BCUT2D eigenvalue weighted by Crippen LogP contribution is 2.37. The molecule has 0 fully saturated rings. The van der Waals surface area contributed by atoms with E-state index in [1.54, 1.807) is 12.3 Å². The highest BCUT2D eigenvalue weighted by Gasteiger charge is 2.04. The van der Waals surface area contributed by atoms with Gasteiger partial charge in [-0.3, -0.25) is 0 Å². The van der Waals surface area contributed by atoms with E-state index in [0.29, 0.717) is 7.92 Å². The largest absolute Gasteiger partial charge is 0.107 e. The Kier molecular flexibility index (Phi) is 16.9. The van der Waals surface area contributed by atoms with Crippen LogP contribution < -0.4 is 0 Å². The van der Waals surface area contributed by atoms with Gasteiger partial charge in [-0.05, 0) is 31.3 Å². The molecule has 0 nitrogen and oxygen atoms in total. The Hall–Kier alpha value is 0.430. The van der Waals surface area contributed by atoms with Gasteiger partial charge in [-0.1, -0.05) is 85.0 Å². The second-order valence-corrected chi connectivity index (χ2v) is 8.84. The van der Waals surface area contributed by atoms with E-state index in [-0.39, 0.29) is 0 Å². The topological polar surface area (TPSA) is 0 Å². The minimum absolute atomic E-state index is 0.393. The average molecular weight is 286 g/mol. The summed E-state index contributed by atoms with van der Waals surface area (Å²) in [5.41, 5.74) is 0. The van der Waals surface area contributed by atoms with Crippen molar-refractivity contribution in [2.45, 2.75) is 97.8 Å². The zero-order valence-electron chi connectivity index (χ0n) is 14.1. The van der Waals surface area contributed by atoms with Crippen LogP contribution in [0.1, 0.15) is 97.8 Å². The zero-order valence-corrected chi connectivity index (χ0v) is 14.9. The Morgan fingerprint density at radius 1 is 0.474 bits per heavy atom. The molecule has 0 saturated carbocycles. The molecule has 0 aromatic heterocycles. The molecule has 1 heteroatoms. The van der Waals surface area contributed by atoms with Gasteiger partial charge in [-0.2, -0.15) is 0 Å². The molecule has 0 amide bonds. The second-order valence-electron chi connectivity index (χ2n) is 5.97. The Morgan fingerprint density at radius 2 is 0.842 bits per heavy atom. The second kappa shape index (κ2) is 16.5. The van der Waals surface area contributed by atoms with E-state index < -0.39 is 0 Å². The summed E-state index contributed by atoms with van der Waals surface area (Å²) >= 11 is 0. The third-order valence-electron chi connectivity index (χ3n) is 4.10. The summed E-state index contributed by atoms with van der Waals surface area (Å²) in [6.45, 7) is 7.02. The van der Waals surface area contributed by atoms with E-state index >= 15 is 0 Å². The third kappa shape index (κ3) is 14.6. The molecule has 0 aromatic carbocycles. The summed E-state index contributed by atoms with van der Waals surface area (Å²) in [5.74, 6) is 0. The van der Waals surface area contributed by atoms with Gasteiger partial charge < -0.3 is 0 Å². The van der Waals surface area contributed by atoms with Crippen LogP contribution in [0.25, 0.3) is 0 Å². The quantitative estimate of drug-likeness (QED) is 0.220. The van der Waals surface area contributed by atoms with Crippen molar-refractivity contribution >= 4 is 7.92 Å². The van der Waals surface area contributed by atoms with Gasteiger partial charge in [0.15, 0.2) is 0 Å². The monoisotopic (exact) mass is 286 g/mol. The van der Waals surface area contributed by atoms with Crippen molar-refractivity contribution in [3.05, 3.63) is 0 Å². The summed E-state index contributed by atoms with van der Waals surface area (Å²) in [4.78, 5) is 0. The fourth-order valence-corrected chi connectivity index (χ4v) is 4.86. The molecule has 0 radical (unpaired) electrons. The Balaban J connectivity index is 3.30. The van der Waals surface area contributed by atoms with Crippen LogP contribution in [0.3, 0.4) is 0 Å². The normalized spacial score (nSPS) is 11.4. The van der Waals surface area contributed by atoms with Crippen LogP contribution in [-0.4, -0.2) is 18.5 Å². The van der Waals surface area contributed by atoms with Crippen molar-refractivity contribution in [3.8, 4) is 0 Å². The lowest BCUT2D eigenvalue weighted by molar-refractivity contribution is 0.622. The molecule has 0 bridgehead atoms. The van der Waals surface area contributed by atoms with Crippen LogP contribution in [-0.2, 0) is 0 Å². The fourth-order valence-electron chi connectivity index (χ4n) is 2.66. The first-order valence-corrected chi connectivity index (χ1v) is 11.0. The Bertz CT molecular complexity index is 140. The van der Waals surface area contributed by atoms with Crippen molar-refractivity contribution in [2.24, 2.45) is 0 Å². The standard InChI is InChI=1S/C18H39P/c1-4-7-9-11-13-15-17-19(6-3)18-16-14-12-10-8-5-2/h4-18H2,1-3H3. The molecule has 0 N–H and O–H groups in total. The number of rotatable bonds is 15. The summed E-state index contributed by atoms with van der Waals surface area (Å²) in [5, 5.41) is 0. The lowest BCUT2D eigenvalue weighted by atomic mass is 10.1. The van der Waals surface area contributed by atoms with Crippen LogP contribution >= 0.6 is 7.92 Å². The van der Waals surface area contributed by atoms with Crippen molar-refractivity contribution in [1.82, 2.24) is 0 Å². The summed E-state index contributed by atoms with van der Waals surface area (Å²) in [6, 6.07) is 0. The van der Waals surface area contributed by atoms with Crippen molar-refractivity contribution in [1.29, 1.82) is 0 Å². The zero-order chi connectivity index (χ0) is 14.2. The Labute approximate surface area is 124 Å². The fraction of sp³-hybridized carbons (Fsp3) is 1.00. The Morgan fingerprint density at radius 3 is 1.21 bits per heavy atom. The predicted octanol–water partition coefficient (Wildman–Crippen LogP) is 7.21. The first-order chi connectivity index (χ1) is 9.35. The highest BCUT2D eigenvalue weighted by atomic mass is 31.1. The van der Waals surface area contributed by atoms with E-state index in [9.17, 15) is 0 Å². The van der Waals surface area contributed by atoms with Gasteiger partial charge >= 0.3 is 0 Å². The van der Waals surface area contributed by atoms with Crippen molar-refractivity contribution in [2.75, 3.05) is 18.5 Å². The average Bonchev–Trinajstić information content (AvgIpc) is 2.44. The first kappa shape index (κ1) is 19.4. The van der Waals surface area contributed by atoms with Gasteiger partial charge in [0.05, 0.1) is 0 Å². The van der Waals surface area contributed by atoms with E-state index in [4.69, 9.17) is 0 Å². The van der Waals surface area contributed by atoms with Gasteiger partial charge in [-0.25, -0.2) is 0 Å². The summed E-state index contributed by atoms with van der Waals surface area (Å²) < 4.78 is 0. The minimum Gasteiger partial charge on any atom is -0.107 e. The lowest BCUT2D eigenvalue weighted by Crippen LogP contribution is -1.94. The maximum Gasteiger partial charge on any atom is -0.0326 e. The first-order valence-electron chi connectivity index (χ1n) is 9.07. The van der Waals surface area contributed by atoms with E-state index in [2.05, 4.69) is 20.8 Å². The van der Waals surface area contributed by atoms with Gasteiger partial charge in [0, 0.05) is 0 Å². The molecule has 0 aliphatic carbocycles. The highest BCUT2D eigenvalue weighted by molar-refractivity contribution is 7.57. The molecular formula is C18H39P. The van der Waals surface area contributed by atoms with Crippen molar-refractivity contribution < 1.29 is 0 Å². The van der Waals surface area contributed by atoms with E-state index in [1.807, 2.05) is 0 Å². The van der Waals surface area contributed by atoms with Crippen LogP contribution in [0.4, 0.5) is 0 Å². The van der Waals surface area contributed by atoms with Gasteiger partial charge in [-0.15, -0.1) is 7.92 Å². The maximum absolute atomic E-state index is 2.42. The van der Waals surface area contributed by atoms with Crippen molar-refractivity contribution in [3.63, 3.8) is 0 Å². The molecule has 0 heterocycles. The van der Waals surface area contributed by atoms with Crippen LogP contribution in [0, 0.1) is 0 Å². The molecule has 19 heavy (non-hydrogen) atoms. The molecular weight excluding hydrogens is 247 g/mol. The molecule has 0 aliphatic rings. The van der Waals surface area contributed by atoms with E-state index in [0.717, 1.165) is 0 Å². The van der Waals surface area contributed by atoms with E-state index in [1.165, 1.54) is 83.2 Å². The van der Waals surface area contributed by atoms with Crippen LogP contribution in [0.2, 0.25) is 0 Å². The third-order valence-corrected chi connectivity index (χ3v) is 6.89. The summed E-state index contributed by atoms with van der Waals surface area (Å²) in [7, 11) is 0.393. The molecule has 0 saturated heterocycles. The molecule has 0 unspecified atom stereocenters. The number of hydrogen-bond donors (Lipinski definition) is 0. The number of hydrogen-bond acceptors (Lipinski definition) is 0. The molecule has 116 valence electrons. The lowest BCUT2D eigenvalue weighted by Gasteiger charge is -2.15. The molecule has 0 rings (SSSR count). The molecule has 0 atom stereocenters. The maximum atomic E-state index is 2.42. The minimum atomic E-state index is 0.393. The van der Waals surface area contributed by atoms with Crippen LogP contribution in [0.15, 0.2) is 0 Å². The van der Waals surface area contributed by atoms with Crippen LogP contribution in [0.5, 0.6) is 0 Å². The SMILES string of the molecule is CCCCCCCCP(CC)CCCCCCCC. The van der Waals surface area contributed by atoms with Gasteiger partial charge in [0.2, 0.25) is 0 Å². The summed E-state index contributed by atoms with van der Waals surface area (Å²) in [6.07, 6.45) is 22.2. The molecule has 0 aliphatic heterocycles. The molecule has 0 aromatic rings.